The van der Waals surface area contributed by atoms with Gasteiger partial charge in [-0.15, -0.1) is 24.0 Å². The minimum absolute atomic E-state index is 0. The van der Waals surface area contributed by atoms with E-state index in [1.807, 2.05) is 7.05 Å². The zero-order valence-corrected chi connectivity index (χ0v) is 20.6. The SMILES string of the molecule is CCN(CC)Cc1ccccc1CNC(=NC)NCCCOCC1CCOC1.I. The number of ether oxygens (including phenoxy) is 2. The molecule has 2 rings (SSSR count). The summed E-state index contributed by atoms with van der Waals surface area (Å²) in [7, 11) is 1.81. The minimum atomic E-state index is 0. The van der Waals surface area contributed by atoms with E-state index in [4.69, 9.17) is 9.47 Å². The Bertz CT molecular complexity index is 576. The summed E-state index contributed by atoms with van der Waals surface area (Å²) in [5.74, 6) is 1.42. The standard InChI is InChI=1S/C22H38N4O2.HI/c1-4-26(5-2)16-21-10-7-6-9-20(21)15-25-22(23-3)24-12-8-13-27-17-19-11-14-28-18-19;/h6-7,9-10,19H,4-5,8,11-18H2,1-3H3,(H2,23,24,25);1H. The van der Waals surface area contributed by atoms with Gasteiger partial charge >= 0.3 is 0 Å². The second-order valence-electron chi connectivity index (χ2n) is 7.24. The fraction of sp³-hybridized carbons (Fsp3) is 0.682. The van der Waals surface area contributed by atoms with Crippen molar-refractivity contribution in [1.82, 2.24) is 15.5 Å². The van der Waals surface area contributed by atoms with Gasteiger partial charge in [0.05, 0.1) is 13.2 Å². The molecule has 0 aliphatic carbocycles. The Morgan fingerprint density at radius 1 is 1.21 bits per heavy atom. The highest BCUT2D eigenvalue weighted by Crippen LogP contribution is 2.12. The van der Waals surface area contributed by atoms with Crippen molar-refractivity contribution >= 4 is 29.9 Å². The van der Waals surface area contributed by atoms with Gasteiger partial charge in [0, 0.05) is 45.8 Å². The van der Waals surface area contributed by atoms with Crippen molar-refractivity contribution in [1.29, 1.82) is 0 Å². The molecule has 0 spiro atoms. The van der Waals surface area contributed by atoms with Crippen LogP contribution in [0.5, 0.6) is 0 Å². The summed E-state index contributed by atoms with van der Waals surface area (Å²) < 4.78 is 11.1. The van der Waals surface area contributed by atoms with Crippen LogP contribution in [0.1, 0.15) is 37.8 Å². The summed E-state index contributed by atoms with van der Waals surface area (Å²) in [6, 6.07) is 8.64. The molecule has 1 saturated heterocycles. The van der Waals surface area contributed by atoms with Gasteiger partial charge in [-0.05, 0) is 37.1 Å². The maximum absolute atomic E-state index is 5.75. The number of hydrogen-bond donors (Lipinski definition) is 2. The van der Waals surface area contributed by atoms with E-state index in [-0.39, 0.29) is 24.0 Å². The van der Waals surface area contributed by atoms with Gasteiger partial charge in [-0.25, -0.2) is 0 Å². The van der Waals surface area contributed by atoms with Crippen molar-refractivity contribution in [3.8, 4) is 0 Å². The number of benzene rings is 1. The first-order valence-corrected chi connectivity index (χ1v) is 10.7. The molecule has 6 nitrogen and oxygen atoms in total. The van der Waals surface area contributed by atoms with Gasteiger partial charge in [0.1, 0.15) is 0 Å². The van der Waals surface area contributed by atoms with Crippen LogP contribution in [0.3, 0.4) is 0 Å². The summed E-state index contributed by atoms with van der Waals surface area (Å²) in [4.78, 5) is 6.77. The number of aliphatic imine (C=N–C) groups is 1. The number of halogens is 1. The van der Waals surface area contributed by atoms with Gasteiger partial charge < -0.3 is 20.1 Å². The second-order valence-corrected chi connectivity index (χ2v) is 7.24. The van der Waals surface area contributed by atoms with Gasteiger partial charge in [-0.2, -0.15) is 0 Å². The van der Waals surface area contributed by atoms with Crippen LogP contribution in [0, 0.1) is 5.92 Å². The lowest BCUT2D eigenvalue weighted by molar-refractivity contribution is 0.0888. The Hall–Kier alpha value is -0.900. The minimum Gasteiger partial charge on any atom is -0.381 e. The fourth-order valence-electron chi connectivity index (χ4n) is 3.32. The Kier molecular flexibility index (Phi) is 14.3. The number of nitrogens with one attached hydrogen (secondary N) is 2. The van der Waals surface area contributed by atoms with Crippen LogP contribution in [0.4, 0.5) is 0 Å². The van der Waals surface area contributed by atoms with Crippen LogP contribution >= 0.6 is 24.0 Å². The predicted molar refractivity (Wildman–Crippen MR) is 131 cm³/mol. The van der Waals surface area contributed by atoms with Crippen LogP contribution in [0.2, 0.25) is 0 Å². The Morgan fingerprint density at radius 3 is 2.62 bits per heavy atom. The Balaban J connectivity index is 0.00000420. The molecule has 1 unspecified atom stereocenters. The van der Waals surface area contributed by atoms with Gasteiger partial charge in [0.25, 0.3) is 0 Å². The molecular formula is C22H39IN4O2. The molecule has 0 aromatic heterocycles. The molecule has 2 N–H and O–H groups in total. The van der Waals surface area contributed by atoms with Crippen LogP contribution in [-0.4, -0.2) is 64.0 Å². The third-order valence-electron chi connectivity index (χ3n) is 5.21. The van der Waals surface area contributed by atoms with E-state index in [0.29, 0.717) is 5.92 Å². The molecule has 7 heteroatoms. The maximum atomic E-state index is 5.75. The average molecular weight is 518 g/mol. The number of guanidine groups is 1. The van der Waals surface area contributed by atoms with E-state index >= 15 is 0 Å². The van der Waals surface area contributed by atoms with E-state index in [1.165, 1.54) is 11.1 Å². The molecule has 1 aliphatic heterocycles. The highest BCUT2D eigenvalue weighted by Gasteiger charge is 2.15. The van der Waals surface area contributed by atoms with Crippen molar-refractivity contribution in [2.45, 2.75) is 39.8 Å². The molecule has 0 bridgehead atoms. The average Bonchev–Trinajstić information content (AvgIpc) is 3.25. The highest BCUT2D eigenvalue weighted by atomic mass is 127. The lowest BCUT2D eigenvalue weighted by Gasteiger charge is -2.20. The fourth-order valence-corrected chi connectivity index (χ4v) is 3.32. The number of hydrogen-bond acceptors (Lipinski definition) is 4. The van der Waals surface area contributed by atoms with E-state index in [0.717, 1.165) is 78.0 Å². The van der Waals surface area contributed by atoms with Crippen molar-refractivity contribution in [3.05, 3.63) is 35.4 Å². The summed E-state index contributed by atoms with van der Waals surface area (Å²) in [6.45, 7) is 12.5. The number of rotatable bonds is 12. The third-order valence-corrected chi connectivity index (χ3v) is 5.21. The van der Waals surface area contributed by atoms with E-state index in [1.54, 1.807) is 0 Å². The summed E-state index contributed by atoms with van der Waals surface area (Å²) in [5.41, 5.74) is 2.69. The first kappa shape index (κ1) is 26.1. The second kappa shape index (κ2) is 15.9. The molecule has 1 aliphatic rings. The zero-order valence-electron chi connectivity index (χ0n) is 18.3. The molecular weight excluding hydrogens is 479 g/mol. The third kappa shape index (κ3) is 10.1. The molecule has 0 amide bonds. The molecule has 0 radical (unpaired) electrons. The molecule has 0 saturated carbocycles. The van der Waals surface area contributed by atoms with Crippen molar-refractivity contribution in [2.24, 2.45) is 10.9 Å². The molecule has 1 fully saturated rings. The first-order valence-electron chi connectivity index (χ1n) is 10.7. The van der Waals surface area contributed by atoms with Crippen molar-refractivity contribution in [3.63, 3.8) is 0 Å². The van der Waals surface area contributed by atoms with Crippen molar-refractivity contribution < 1.29 is 9.47 Å². The molecule has 166 valence electrons. The molecule has 1 heterocycles. The normalized spacial score (nSPS) is 16.7. The largest absolute Gasteiger partial charge is 0.381 e. The summed E-state index contributed by atoms with van der Waals surface area (Å²) in [5, 5.41) is 6.81. The summed E-state index contributed by atoms with van der Waals surface area (Å²) in [6.07, 6.45) is 2.09. The van der Waals surface area contributed by atoms with Crippen LogP contribution < -0.4 is 10.6 Å². The molecule has 1 atom stereocenters. The topological polar surface area (TPSA) is 58.1 Å². The molecule has 1 aromatic carbocycles. The predicted octanol–water partition coefficient (Wildman–Crippen LogP) is 3.25. The maximum Gasteiger partial charge on any atom is 0.191 e. The summed E-state index contributed by atoms with van der Waals surface area (Å²) >= 11 is 0. The zero-order chi connectivity index (χ0) is 20.0. The highest BCUT2D eigenvalue weighted by molar-refractivity contribution is 14.0. The van der Waals surface area contributed by atoms with Crippen LogP contribution in [0.25, 0.3) is 0 Å². The van der Waals surface area contributed by atoms with Crippen molar-refractivity contribution in [2.75, 3.05) is 53.1 Å². The lowest BCUT2D eigenvalue weighted by Crippen LogP contribution is -2.38. The molecule has 1 aromatic rings. The monoisotopic (exact) mass is 518 g/mol. The van der Waals surface area contributed by atoms with Crippen LogP contribution in [0.15, 0.2) is 29.3 Å². The van der Waals surface area contributed by atoms with E-state index in [9.17, 15) is 0 Å². The first-order chi connectivity index (χ1) is 13.8. The quantitative estimate of drug-likeness (QED) is 0.193. The lowest BCUT2D eigenvalue weighted by atomic mass is 10.1. The van der Waals surface area contributed by atoms with Gasteiger partial charge in [-0.3, -0.25) is 9.89 Å². The Morgan fingerprint density at radius 2 is 1.97 bits per heavy atom. The van der Waals surface area contributed by atoms with Crippen LogP contribution in [-0.2, 0) is 22.6 Å². The number of nitrogens with zero attached hydrogens (tertiary/aromatic N) is 2. The van der Waals surface area contributed by atoms with Gasteiger partial charge in [0.2, 0.25) is 0 Å². The van der Waals surface area contributed by atoms with Gasteiger partial charge in [0.15, 0.2) is 5.96 Å². The van der Waals surface area contributed by atoms with E-state index < -0.39 is 0 Å². The van der Waals surface area contributed by atoms with Gasteiger partial charge in [-0.1, -0.05) is 38.1 Å². The molecule has 29 heavy (non-hydrogen) atoms. The Labute approximate surface area is 193 Å². The van der Waals surface area contributed by atoms with E-state index in [2.05, 4.69) is 58.6 Å². The smallest absolute Gasteiger partial charge is 0.191 e.